The van der Waals surface area contributed by atoms with E-state index in [9.17, 15) is 0 Å². The maximum absolute atomic E-state index is 5.51. The Kier molecular flexibility index (Phi) is 2.06. The van der Waals surface area contributed by atoms with E-state index in [0.29, 0.717) is 5.92 Å². The second kappa shape index (κ2) is 3.01. The van der Waals surface area contributed by atoms with Gasteiger partial charge in [-0.15, -0.1) is 0 Å². The van der Waals surface area contributed by atoms with Crippen molar-refractivity contribution in [3.05, 3.63) is 29.7 Å². The van der Waals surface area contributed by atoms with Crippen LogP contribution in [0.15, 0.2) is 22.8 Å². The molecule has 0 N–H and O–H groups in total. The molecule has 0 radical (unpaired) electrons. The van der Waals surface area contributed by atoms with Crippen LogP contribution in [0.4, 0.5) is 0 Å². The van der Waals surface area contributed by atoms with Gasteiger partial charge in [-0.05, 0) is 23.0 Å². The molecule has 14 heavy (non-hydrogen) atoms. The molecule has 76 valence electrons. The van der Waals surface area contributed by atoms with E-state index < -0.39 is 0 Å². The number of rotatable bonds is 0. The molecule has 0 bridgehead atoms. The van der Waals surface area contributed by atoms with Gasteiger partial charge < -0.3 is 4.42 Å². The van der Waals surface area contributed by atoms with Crippen LogP contribution in [0.1, 0.15) is 39.0 Å². The van der Waals surface area contributed by atoms with Gasteiger partial charge in [-0.2, -0.15) is 0 Å². The summed E-state index contributed by atoms with van der Waals surface area (Å²) in [5.41, 5.74) is 2.96. The van der Waals surface area contributed by atoms with Crippen LogP contribution in [0.3, 0.4) is 0 Å². The van der Waals surface area contributed by atoms with E-state index in [2.05, 4.69) is 39.8 Å². The summed E-state index contributed by atoms with van der Waals surface area (Å²) in [5.74, 6) is 1.76. The lowest BCUT2D eigenvalue weighted by Gasteiger charge is -2.27. The van der Waals surface area contributed by atoms with Crippen LogP contribution in [-0.2, 0) is 6.42 Å². The Morgan fingerprint density at radius 3 is 2.71 bits per heavy atom. The molecule has 1 aromatic heterocycles. The predicted molar refractivity (Wildman–Crippen MR) is 59.0 cm³/mol. The van der Waals surface area contributed by atoms with Crippen LogP contribution in [-0.4, -0.2) is 0 Å². The third kappa shape index (κ3) is 1.52. The predicted octanol–water partition coefficient (Wildman–Crippen LogP) is 3.90. The lowest BCUT2D eigenvalue weighted by Crippen LogP contribution is -2.15. The minimum absolute atomic E-state index is 0.216. The molecule has 1 aliphatic carbocycles. The topological polar surface area (TPSA) is 13.1 Å². The Balaban J connectivity index is 2.50. The van der Waals surface area contributed by atoms with E-state index in [1.807, 2.05) is 6.26 Å². The first-order chi connectivity index (χ1) is 6.48. The minimum Gasteiger partial charge on any atom is -0.469 e. The van der Waals surface area contributed by atoms with Gasteiger partial charge in [-0.3, -0.25) is 0 Å². The first kappa shape index (κ1) is 9.57. The molecule has 1 nitrogen and oxygen atoms in total. The molecule has 1 heteroatoms. The van der Waals surface area contributed by atoms with Crippen molar-refractivity contribution in [1.29, 1.82) is 0 Å². The van der Waals surface area contributed by atoms with Gasteiger partial charge in [0.25, 0.3) is 0 Å². The number of furan rings is 1. The molecule has 0 saturated carbocycles. The smallest absolute Gasteiger partial charge is 0.111 e. The molecule has 1 aliphatic rings. The second-order valence-corrected chi connectivity index (χ2v) is 5.27. The SMILES string of the molecule is CC1C=C(C(C)(C)C)c2ccoc2C1. The van der Waals surface area contributed by atoms with Crippen molar-refractivity contribution in [2.45, 2.75) is 34.1 Å². The Morgan fingerprint density at radius 2 is 2.07 bits per heavy atom. The average molecular weight is 190 g/mol. The highest BCUT2D eigenvalue weighted by Gasteiger charge is 2.27. The molecular formula is C13H18O. The van der Waals surface area contributed by atoms with Gasteiger partial charge >= 0.3 is 0 Å². The van der Waals surface area contributed by atoms with Crippen molar-refractivity contribution in [2.24, 2.45) is 11.3 Å². The van der Waals surface area contributed by atoms with Crippen LogP contribution in [0.25, 0.3) is 5.57 Å². The Labute approximate surface area is 85.8 Å². The largest absolute Gasteiger partial charge is 0.469 e. The summed E-state index contributed by atoms with van der Waals surface area (Å²) >= 11 is 0. The molecule has 0 spiro atoms. The van der Waals surface area contributed by atoms with E-state index in [4.69, 9.17) is 4.42 Å². The molecule has 1 unspecified atom stereocenters. The van der Waals surface area contributed by atoms with Crippen molar-refractivity contribution in [2.75, 3.05) is 0 Å². The van der Waals surface area contributed by atoms with Gasteiger partial charge in [-0.25, -0.2) is 0 Å². The molecule has 0 amide bonds. The highest BCUT2D eigenvalue weighted by Crippen LogP contribution is 2.40. The maximum Gasteiger partial charge on any atom is 0.111 e. The lowest BCUT2D eigenvalue weighted by atomic mass is 9.77. The van der Waals surface area contributed by atoms with Crippen molar-refractivity contribution in [3.8, 4) is 0 Å². The molecule has 0 aromatic carbocycles. The minimum atomic E-state index is 0.216. The maximum atomic E-state index is 5.51. The zero-order valence-corrected chi connectivity index (χ0v) is 9.42. The molecule has 1 heterocycles. The number of allylic oxidation sites excluding steroid dienone is 2. The molecule has 0 aliphatic heterocycles. The number of hydrogen-bond acceptors (Lipinski definition) is 1. The molecule has 0 saturated heterocycles. The summed E-state index contributed by atoms with van der Waals surface area (Å²) in [4.78, 5) is 0. The van der Waals surface area contributed by atoms with Crippen molar-refractivity contribution in [1.82, 2.24) is 0 Å². The Bertz CT molecular complexity index is 363. The van der Waals surface area contributed by atoms with E-state index in [1.54, 1.807) is 0 Å². The molecule has 2 rings (SSSR count). The highest BCUT2D eigenvalue weighted by molar-refractivity contribution is 5.72. The van der Waals surface area contributed by atoms with Gasteiger partial charge in [-0.1, -0.05) is 33.8 Å². The summed E-state index contributed by atoms with van der Waals surface area (Å²) in [6.07, 6.45) is 5.24. The normalized spacial score (nSPS) is 21.7. The van der Waals surface area contributed by atoms with E-state index in [1.165, 1.54) is 11.1 Å². The first-order valence-corrected chi connectivity index (χ1v) is 5.27. The summed E-state index contributed by atoms with van der Waals surface area (Å²) in [6.45, 7) is 9.02. The summed E-state index contributed by atoms with van der Waals surface area (Å²) in [7, 11) is 0. The third-order valence-electron chi connectivity index (χ3n) is 2.80. The number of hydrogen-bond donors (Lipinski definition) is 0. The summed E-state index contributed by atoms with van der Waals surface area (Å²) < 4.78 is 5.51. The standard InChI is InChI=1S/C13H18O/c1-9-7-11(13(2,3)4)10-5-6-14-12(10)8-9/h5-7,9H,8H2,1-4H3. The molecule has 0 fully saturated rings. The second-order valence-electron chi connectivity index (χ2n) is 5.27. The highest BCUT2D eigenvalue weighted by atomic mass is 16.3. The fourth-order valence-corrected chi connectivity index (χ4v) is 2.12. The first-order valence-electron chi connectivity index (χ1n) is 5.27. The van der Waals surface area contributed by atoms with Crippen molar-refractivity contribution in [3.63, 3.8) is 0 Å². The quantitative estimate of drug-likeness (QED) is 0.604. The van der Waals surface area contributed by atoms with Gasteiger partial charge in [0.15, 0.2) is 0 Å². The monoisotopic (exact) mass is 190 g/mol. The third-order valence-corrected chi connectivity index (χ3v) is 2.80. The van der Waals surface area contributed by atoms with Gasteiger partial charge in [0.05, 0.1) is 6.26 Å². The fraction of sp³-hybridized carbons (Fsp3) is 0.538. The van der Waals surface area contributed by atoms with Crippen LogP contribution in [0.5, 0.6) is 0 Å². The molecule has 1 aromatic rings. The average Bonchev–Trinajstić information content (AvgIpc) is 2.47. The van der Waals surface area contributed by atoms with E-state index >= 15 is 0 Å². The van der Waals surface area contributed by atoms with Crippen LogP contribution >= 0.6 is 0 Å². The summed E-state index contributed by atoms with van der Waals surface area (Å²) in [5, 5.41) is 0. The van der Waals surface area contributed by atoms with Crippen molar-refractivity contribution >= 4 is 5.57 Å². The van der Waals surface area contributed by atoms with Gasteiger partial charge in [0.1, 0.15) is 5.76 Å². The van der Waals surface area contributed by atoms with E-state index in [0.717, 1.165) is 12.2 Å². The van der Waals surface area contributed by atoms with Crippen molar-refractivity contribution < 1.29 is 4.42 Å². The zero-order chi connectivity index (χ0) is 10.3. The fourth-order valence-electron chi connectivity index (χ4n) is 2.12. The zero-order valence-electron chi connectivity index (χ0n) is 9.42. The van der Waals surface area contributed by atoms with E-state index in [-0.39, 0.29) is 5.41 Å². The molecular weight excluding hydrogens is 172 g/mol. The van der Waals surface area contributed by atoms with Crippen LogP contribution < -0.4 is 0 Å². The van der Waals surface area contributed by atoms with Crippen LogP contribution in [0, 0.1) is 11.3 Å². The molecule has 1 atom stereocenters. The van der Waals surface area contributed by atoms with Gasteiger partial charge in [0, 0.05) is 12.0 Å². The Hall–Kier alpha value is -0.980. The van der Waals surface area contributed by atoms with Gasteiger partial charge in [0.2, 0.25) is 0 Å². The Morgan fingerprint density at radius 1 is 1.36 bits per heavy atom. The van der Waals surface area contributed by atoms with Crippen LogP contribution in [0.2, 0.25) is 0 Å². The number of fused-ring (bicyclic) bond motifs is 1. The lowest BCUT2D eigenvalue weighted by molar-refractivity contribution is 0.471. The summed E-state index contributed by atoms with van der Waals surface area (Å²) in [6, 6.07) is 2.10.